The van der Waals surface area contributed by atoms with Crippen LogP contribution in [0, 0.1) is 6.92 Å². The first kappa shape index (κ1) is 20.6. The van der Waals surface area contributed by atoms with Crippen molar-refractivity contribution in [1.82, 2.24) is 14.8 Å². The normalized spacial score (nSPS) is 12.1. The summed E-state index contributed by atoms with van der Waals surface area (Å²) < 4.78 is 8.33. The molecule has 0 radical (unpaired) electrons. The number of nitrogens with zero attached hydrogens (tertiary/aromatic N) is 3. The maximum atomic E-state index is 12.9. The Balaban J connectivity index is 1.64. The van der Waals surface area contributed by atoms with Crippen LogP contribution in [0.15, 0.2) is 81.0 Å². The molecule has 1 atom stereocenters. The number of aromatic nitrogens is 3. The highest BCUT2D eigenvalue weighted by molar-refractivity contribution is 9.10. The van der Waals surface area contributed by atoms with E-state index in [1.165, 1.54) is 11.8 Å². The maximum Gasteiger partial charge on any atom is 0.200 e. The highest BCUT2D eigenvalue weighted by Gasteiger charge is 2.23. The summed E-state index contributed by atoms with van der Waals surface area (Å²) in [6.07, 6.45) is 0. The second-order valence-corrected chi connectivity index (χ2v) is 9.06. The van der Waals surface area contributed by atoms with E-state index in [1.54, 1.807) is 0 Å². The lowest BCUT2D eigenvalue weighted by molar-refractivity contribution is 0.0994. The smallest absolute Gasteiger partial charge is 0.200 e. The second-order valence-electron chi connectivity index (χ2n) is 6.97. The number of hydrogen-bond acceptors (Lipinski definition) is 5. The van der Waals surface area contributed by atoms with E-state index in [-0.39, 0.29) is 11.0 Å². The number of ketones is 1. The quantitative estimate of drug-likeness (QED) is 0.238. The van der Waals surface area contributed by atoms with Crippen molar-refractivity contribution < 1.29 is 9.21 Å². The lowest BCUT2D eigenvalue weighted by Gasteiger charge is -2.13. The Labute approximate surface area is 187 Å². The fourth-order valence-corrected chi connectivity index (χ4v) is 4.30. The maximum absolute atomic E-state index is 12.9. The Bertz CT molecular complexity index is 1150. The van der Waals surface area contributed by atoms with Crippen LogP contribution >= 0.6 is 27.7 Å². The number of thioether (sulfide) groups is 1. The Hall–Kier alpha value is -2.64. The molecule has 0 aliphatic carbocycles. The Kier molecular flexibility index (Phi) is 6.20. The first-order chi connectivity index (χ1) is 14.5. The molecule has 0 amide bonds. The molecule has 0 aliphatic rings. The van der Waals surface area contributed by atoms with Crippen molar-refractivity contribution in [1.29, 1.82) is 0 Å². The molecular weight excluding hydrogens is 462 g/mol. The van der Waals surface area contributed by atoms with Gasteiger partial charge in [0.15, 0.2) is 21.4 Å². The number of carbonyl (C=O) groups is 1. The van der Waals surface area contributed by atoms with Crippen LogP contribution < -0.4 is 0 Å². The second kappa shape index (κ2) is 9.02. The van der Waals surface area contributed by atoms with Gasteiger partial charge in [0.25, 0.3) is 0 Å². The average Bonchev–Trinajstić information content (AvgIpc) is 3.35. The standard InChI is InChI=1S/C23H20BrN3O2S/c1-15-8-10-18(11-9-15)21(28)16(2)30-23-26-25-22(19-12-13-20(24)29-19)27(23)14-17-6-4-3-5-7-17/h3-13,16H,14H2,1-2H3. The first-order valence-corrected chi connectivity index (χ1v) is 11.2. The van der Waals surface area contributed by atoms with Crippen LogP contribution in [0.5, 0.6) is 0 Å². The summed E-state index contributed by atoms with van der Waals surface area (Å²) in [6, 6.07) is 21.4. The highest BCUT2D eigenvalue weighted by atomic mass is 79.9. The van der Waals surface area contributed by atoms with Gasteiger partial charge >= 0.3 is 0 Å². The van der Waals surface area contributed by atoms with E-state index in [2.05, 4.69) is 38.3 Å². The van der Waals surface area contributed by atoms with E-state index in [4.69, 9.17) is 4.42 Å². The van der Waals surface area contributed by atoms with Crippen LogP contribution in [0.1, 0.15) is 28.4 Å². The first-order valence-electron chi connectivity index (χ1n) is 9.51. The molecule has 2 heterocycles. The van der Waals surface area contributed by atoms with Crippen molar-refractivity contribution in [2.75, 3.05) is 0 Å². The SMILES string of the molecule is Cc1ccc(C(=O)C(C)Sc2nnc(-c3ccc(Br)o3)n2Cc2ccccc2)cc1. The van der Waals surface area contributed by atoms with E-state index in [9.17, 15) is 4.79 Å². The molecule has 2 aromatic heterocycles. The van der Waals surface area contributed by atoms with Gasteiger partial charge in [-0.05, 0) is 47.5 Å². The van der Waals surface area contributed by atoms with Gasteiger partial charge in [-0.2, -0.15) is 0 Å². The third-order valence-electron chi connectivity index (χ3n) is 4.68. The molecule has 2 aromatic carbocycles. The highest BCUT2D eigenvalue weighted by Crippen LogP contribution is 2.31. The summed E-state index contributed by atoms with van der Waals surface area (Å²) in [5.74, 6) is 1.31. The van der Waals surface area contributed by atoms with Gasteiger partial charge in [0.05, 0.1) is 11.8 Å². The molecule has 0 saturated carbocycles. The molecule has 0 fully saturated rings. The summed E-state index contributed by atoms with van der Waals surface area (Å²) >= 11 is 4.75. The third-order valence-corrected chi connectivity index (χ3v) is 6.19. The predicted molar refractivity (Wildman–Crippen MR) is 122 cm³/mol. The molecule has 7 heteroatoms. The predicted octanol–water partition coefficient (Wildman–Crippen LogP) is 6.02. The monoisotopic (exact) mass is 481 g/mol. The molecule has 0 spiro atoms. The number of furan rings is 1. The van der Waals surface area contributed by atoms with E-state index in [0.29, 0.717) is 33.5 Å². The number of hydrogen-bond donors (Lipinski definition) is 0. The molecule has 0 aliphatic heterocycles. The number of halogens is 1. The molecule has 30 heavy (non-hydrogen) atoms. The molecule has 4 aromatic rings. The van der Waals surface area contributed by atoms with Gasteiger partial charge in [0, 0.05) is 5.56 Å². The van der Waals surface area contributed by atoms with Gasteiger partial charge in [-0.3, -0.25) is 9.36 Å². The lowest BCUT2D eigenvalue weighted by atomic mass is 10.1. The molecule has 1 unspecified atom stereocenters. The van der Waals surface area contributed by atoms with Crippen molar-refractivity contribution in [3.8, 4) is 11.6 Å². The van der Waals surface area contributed by atoms with Crippen molar-refractivity contribution >= 4 is 33.5 Å². The largest absolute Gasteiger partial charge is 0.446 e. The Morgan fingerprint density at radius 3 is 2.47 bits per heavy atom. The number of aryl methyl sites for hydroxylation is 1. The van der Waals surface area contributed by atoms with Crippen LogP contribution in [-0.2, 0) is 6.54 Å². The van der Waals surface area contributed by atoms with Crippen LogP contribution in [0.3, 0.4) is 0 Å². The number of Topliss-reactive ketones (excluding diaryl/α,β-unsaturated/α-hetero) is 1. The Morgan fingerprint density at radius 2 is 1.80 bits per heavy atom. The van der Waals surface area contributed by atoms with Crippen LogP contribution in [0.2, 0.25) is 0 Å². The van der Waals surface area contributed by atoms with Crippen LogP contribution in [-0.4, -0.2) is 25.8 Å². The topological polar surface area (TPSA) is 60.9 Å². The van der Waals surface area contributed by atoms with Gasteiger partial charge in [-0.25, -0.2) is 0 Å². The van der Waals surface area contributed by atoms with Crippen molar-refractivity contribution in [3.05, 3.63) is 88.1 Å². The number of benzene rings is 2. The molecule has 4 rings (SSSR count). The van der Waals surface area contributed by atoms with Gasteiger partial charge < -0.3 is 4.42 Å². The number of rotatable bonds is 7. The fraction of sp³-hybridized carbons (Fsp3) is 0.174. The zero-order valence-corrected chi connectivity index (χ0v) is 19.0. The van der Waals surface area contributed by atoms with Crippen molar-refractivity contribution in [3.63, 3.8) is 0 Å². The third kappa shape index (κ3) is 4.57. The summed E-state index contributed by atoms with van der Waals surface area (Å²) in [7, 11) is 0. The van der Waals surface area contributed by atoms with Gasteiger partial charge in [-0.15, -0.1) is 10.2 Å². The molecule has 5 nitrogen and oxygen atoms in total. The van der Waals surface area contributed by atoms with Crippen LogP contribution in [0.4, 0.5) is 0 Å². The van der Waals surface area contributed by atoms with Gasteiger partial charge in [-0.1, -0.05) is 71.9 Å². The van der Waals surface area contributed by atoms with E-state index >= 15 is 0 Å². The van der Waals surface area contributed by atoms with E-state index in [1.807, 2.05) is 73.0 Å². The molecule has 152 valence electrons. The minimum atomic E-state index is -0.303. The van der Waals surface area contributed by atoms with Crippen molar-refractivity contribution in [2.45, 2.75) is 30.8 Å². The van der Waals surface area contributed by atoms with Gasteiger partial charge in [0.1, 0.15) is 0 Å². The molecule has 0 N–H and O–H groups in total. The van der Waals surface area contributed by atoms with Crippen LogP contribution in [0.25, 0.3) is 11.6 Å². The molecular formula is C23H20BrN3O2S. The summed E-state index contributed by atoms with van der Waals surface area (Å²) in [5, 5.41) is 9.11. The van der Waals surface area contributed by atoms with Gasteiger partial charge in [0.2, 0.25) is 5.82 Å². The average molecular weight is 482 g/mol. The summed E-state index contributed by atoms with van der Waals surface area (Å²) in [4.78, 5) is 12.9. The summed E-state index contributed by atoms with van der Waals surface area (Å²) in [5.41, 5.74) is 2.94. The van der Waals surface area contributed by atoms with E-state index in [0.717, 1.165) is 11.1 Å². The van der Waals surface area contributed by atoms with E-state index < -0.39 is 0 Å². The molecule has 0 saturated heterocycles. The minimum absolute atomic E-state index is 0.0663. The fourth-order valence-electron chi connectivity index (χ4n) is 3.07. The van der Waals surface area contributed by atoms with Crippen molar-refractivity contribution in [2.24, 2.45) is 0 Å². The minimum Gasteiger partial charge on any atom is -0.446 e. The lowest BCUT2D eigenvalue weighted by Crippen LogP contribution is -2.15. The summed E-state index contributed by atoms with van der Waals surface area (Å²) in [6.45, 7) is 4.49. The zero-order valence-electron chi connectivity index (χ0n) is 16.6. The Morgan fingerprint density at radius 1 is 1.07 bits per heavy atom. The molecule has 0 bridgehead atoms. The zero-order chi connectivity index (χ0) is 21.1. The number of carbonyl (C=O) groups excluding carboxylic acids is 1.